The molecule has 3 nitrogen and oxygen atoms in total. The number of fused-ring (bicyclic) bond motifs is 1. The summed E-state index contributed by atoms with van der Waals surface area (Å²) in [5, 5.41) is 3.52. The van der Waals surface area contributed by atoms with Crippen LogP contribution in [0.3, 0.4) is 0 Å². The number of benzene rings is 1. The van der Waals surface area contributed by atoms with Gasteiger partial charge in [0.1, 0.15) is 0 Å². The Balaban J connectivity index is 1.92. The quantitative estimate of drug-likeness (QED) is 0.914. The molecule has 2 aromatic rings. The number of anilines is 1. The lowest BCUT2D eigenvalue weighted by atomic mass is 9.92. The van der Waals surface area contributed by atoms with Crippen molar-refractivity contribution in [3.8, 4) is 11.3 Å². The molecule has 0 aliphatic carbocycles. The molecule has 0 unspecified atom stereocenters. The van der Waals surface area contributed by atoms with E-state index in [1.807, 2.05) is 12.5 Å². The number of nitrogens with zero attached hydrogens (tertiary/aromatic N) is 2. The van der Waals surface area contributed by atoms with E-state index < -0.39 is 0 Å². The minimum atomic E-state index is 0.346. The maximum Gasteiger partial charge on any atom is 0.0950 e. The second kappa shape index (κ2) is 4.97. The van der Waals surface area contributed by atoms with E-state index >= 15 is 0 Å². The Hall–Kier alpha value is -1.77. The molecule has 0 radical (unpaired) electrons. The number of aromatic nitrogens is 2. The van der Waals surface area contributed by atoms with Crippen LogP contribution in [0.15, 0.2) is 30.7 Å². The maximum absolute atomic E-state index is 4.36. The van der Waals surface area contributed by atoms with Gasteiger partial charge in [-0.25, -0.2) is 4.98 Å². The first kappa shape index (κ1) is 13.2. The van der Waals surface area contributed by atoms with E-state index in [0.29, 0.717) is 5.41 Å². The lowest BCUT2D eigenvalue weighted by Gasteiger charge is -2.19. The fraction of sp³-hybridized carbons (Fsp3) is 0.471. The second-order valence-corrected chi connectivity index (χ2v) is 6.80. The normalized spacial score (nSPS) is 14.2. The van der Waals surface area contributed by atoms with E-state index in [2.05, 4.69) is 53.8 Å². The molecule has 1 aromatic heterocycles. The first-order valence-electron chi connectivity index (χ1n) is 7.41. The van der Waals surface area contributed by atoms with Crippen LogP contribution in [-0.4, -0.2) is 16.1 Å². The largest absolute Gasteiger partial charge is 0.384 e. The third-order valence-electron chi connectivity index (χ3n) is 3.94. The van der Waals surface area contributed by atoms with Crippen molar-refractivity contribution in [2.45, 2.75) is 40.2 Å². The van der Waals surface area contributed by atoms with Crippen molar-refractivity contribution in [2.75, 3.05) is 11.9 Å². The van der Waals surface area contributed by atoms with Gasteiger partial charge in [0, 0.05) is 24.3 Å². The Bertz CT molecular complexity index is 605. The highest BCUT2D eigenvalue weighted by atomic mass is 15.0. The SMILES string of the molecule is CC(C)(C)CCn1cncc1-c1cccc2c1NCC2. The summed E-state index contributed by atoms with van der Waals surface area (Å²) >= 11 is 0. The number of aryl methyl sites for hydroxylation is 1. The van der Waals surface area contributed by atoms with Crippen LogP contribution in [-0.2, 0) is 13.0 Å². The van der Waals surface area contributed by atoms with Gasteiger partial charge in [0.15, 0.2) is 0 Å². The molecule has 3 heteroatoms. The van der Waals surface area contributed by atoms with Crippen LogP contribution in [0.1, 0.15) is 32.8 Å². The van der Waals surface area contributed by atoms with E-state index in [-0.39, 0.29) is 0 Å². The fourth-order valence-electron chi connectivity index (χ4n) is 2.73. The number of hydrogen-bond donors (Lipinski definition) is 1. The Morgan fingerprint density at radius 1 is 1.30 bits per heavy atom. The molecular weight excluding hydrogens is 246 g/mol. The second-order valence-electron chi connectivity index (χ2n) is 6.80. The molecular formula is C17H23N3. The van der Waals surface area contributed by atoms with Gasteiger partial charge in [-0.15, -0.1) is 0 Å². The summed E-state index contributed by atoms with van der Waals surface area (Å²) in [5.74, 6) is 0. The summed E-state index contributed by atoms with van der Waals surface area (Å²) in [6, 6.07) is 6.57. The van der Waals surface area contributed by atoms with E-state index in [1.165, 1.54) is 22.5 Å². The molecule has 0 atom stereocenters. The summed E-state index contributed by atoms with van der Waals surface area (Å²) < 4.78 is 2.28. The van der Waals surface area contributed by atoms with Gasteiger partial charge >= 0.3 is 0 Å². The highest BCUT2D eigenvalue weighted by molar-refractivity contribution is 5.79. The lowest BCUT2D eigenvalue weighted by molar-refractivity contribution is 0.351. The molecule has 20 heavy (non-hydrogen) atoms. The van der Waals surface area contributed by atoms with Gasteiger partial charge in [-0.3, -0.25) is 0 Å². The maximum atomic E-state index is 4.36. The van der Waals surface area contributed by atoms with Crippen LogP contribution < -0.4 is 5.32 Å². The van der Waals surface area contributed by atoms with Gasteiger partial charge < -0.3 is 9.88 Å². The van der Waals surface area contributed by atoms with Gasteiger partial charge in [0.2, 0.25) is 0 Å². The molecule has 0 bridgehead atoms. The molecule has 1 aromatic carbocycles. The zero-order valence-electron chi connectivity index (χ0n) is 12.6. The van der Waals surface area contributed by atoms with Crippen molar-refractivity contribution in [1.29, 1.82) is 0 Å². The molecule has 1 aliphatic heterocycles. The first-order chi connectivity index (χ1) is 9.54. The Kier molecular flexibility index (Phi) is 3.28. The average molecular weight is 269 g/mol. The zero-order valence-corrected chi connectivity index (χ0v) is 12.6. The molecule has 0 saturated heterocycles. The molecule has 0 saturated carbocycles. The zero-order chi connectivity index (χ0) is 14.2. The minimum Gasteiger partial charge on any atom is -0.384 e. The van der Waals surface area contributed by atoms with Gasteiger partial charge in [0.05, 0.1) is 18.2 Å². The van der Waals surface area contributed by atoms with Gasteiger partial charge in [-0.05, 0) is 23.8 Å². The molecule has 2 heterocycles. The van der Waals surface area contributed by atoms with E-state index in [9.17, 15) is 0 Å². The number of para-hydroxylation sites is 1. The molecule has 0 fully saturated rings. The van der Waals surface area contributed by atoms with Crippen molar-refractivity contribution < 1.29 is 0 Å². The van der Waals surface area contributed by atoms with Gasteiger partial charge in [-0.2, -0.15) is 0 Å². The summed E-state index contributed by atoms with van der Waals surface area (Å²) in [7, 11) is 0. The van der Waals surface area contributed by atoms with Gasteiger partial charge in [-0.1, -0.05) is 39.0 Å². The Morgan fingerprint density at radius 2 is 2.15 bits per heavy atom. The third kappa shape index (κ3) is 2.58. The van der Waals surface area contributed by atoms with Gasteiger partial charge in [0.25, 0.3) is 0 Å². The summed E-state index contributed by atoms with van der Waals surface area (Å²) in [6.45, 7) is 8.91. The predicted molar refractivity (Wildman–Crippen MR) is 83.9 cm³/mol. The predicted octanol–water partition coefficient (Wildman–Crippen LogP) is 3.95. The summed E-state index contributed by atoms with van der Waals surface area (Å²) in [4.78, 5) is 4.36. The molecule has 1 N–H and O–H groups in total. The van der Waals surface area contributed by atoms with Crippen LogP contribution in [0.2, 0.25) is 0 Å². The first-order valence-corrected chi connectivity index (χ1v) is 7.41. The minimum absolute atomic E-state index is 0.346. The van der Waals surface area contributed by atoms with Crippen molar-refractivity contribution in [2.24, 2.45) is 5.41 Å². The number of imidazole rings is 1. The van der Waals surface area contributed by atoms with E-state index in [1.54, 1.807) is 0 Å². The Labute approximate surface area is 121 Å². The molecule has 106 valence electrons. The van der Waals surface area contributed by atoms with Crippen molar-refractivity contribution >= 4 is 5.69 Å². The number of rotatable bonds is 3. The summed E-state index contributed by atoms with van der Waals surface area (Å²) in [5.41, 5.74) is 5.57. The van der Waals surface area contributed by atoms with Crippen LogP contribution in [0, 0.1) is 5.41 Å². The fourth-order valence-corrected chi connectivity index (χ4v) is 2.73. The van der Waals surface area contributed by atoms with Crippen molar-refractivity contribution in [3.05, 3.63) is 36.3 Å². The van der Waals surface area contributed by atoms with Crippen LogP contribution in [0.4, 0.5) is 5.69 Å². The third-order valence-corrected chi connectivity index (χ3v) is 3.94. The topological polar surface area (TPSA) is 29.9 Å². The monoisotopic (exact) mass is 269 g/mol. The number of nitrogens with one attached hydrogen (secondary N) is 1. The van der Waals surface area contributed by atoms with Crippen molar-refractivity contribution in [3.63, 3.8) is 0 Å². The van der Waals surface area contributed by atoms with E-state index in [0.717, 1.165) is 25.9 Å². The lowest BCUT2D eigenvalue weighted by Crippen LogP contribution is -2.10. The smallest absolute Gasteiger partial charge is 0.0950 e. The standard InChI is InChI=1S/C17H23N3/c1-17(2,3)8-10-20-12-18-11-15(20)14-6-4-5-13-7-9-19-16(13)14/h4-6,11-12,19H,7-10H2,1-3H3. The summed E-state index contributed by atoms with van der Waals surface area (Å²) in [6.07, 6.45) is 6.21. The van der Waals surface area contributed by atoms with Crippen LogP contribution in [0.5, 0.6) is 0 Å². The number of hydrogen-bond acceptors (Lipinski definition) is 2. The van der Waals surface area contributed by atoms with E-state index in [4.69, 9.17) is 0 Å². The average Bonchev–Trinajstić information content (AvgIpc) is 3.03. The molecule has 3 rings (SSSR count). The highest BCUT2D eigenvalue weighted by Gasteiger charge is 2.18. The van der Waals surface area contributed by atoms with Crippen molar-refractivity contribution in [1.82, 2.24) is 9.55 Å². The van der Waals surface area contributed by atoms with Crippen LogP contribution in [0.25, 0.3) is 11.3 Å². The Morgan fingerprint density at radius 3 is 2.95 bits per heavy atom. The molecule has 1 aliphatic rings. The highest BCUT2D eigenvalue weighted by Crippen LogP contribution is 2.34. The molecule has 0 amide bonds. The van der Waals surface area contributed by atoms with Crippen LogP contribution >= 0.6 is 0 Å². The molecule has 0 spiro atoms.